The van der Waals surface area contributed by atoms with E-state index in [0.29, 0.717) is 22.9 Å². The first-order valence-electron chi connectivity index (χ1n) is 8.65. The molecule has 0 saturated heterocycles. The summed E-state index contributed by atoms with van der Waals surface area (Å²) >= 11 is 6.07. The Kier molecular flexibility index (Phi) is 5.47. The van der Waals surface area contributed by atoms with Crippen molar-refractivity contribution in [3.63, 3.8) is 0 Å². The molecule has 2 amide bonds. The van der Waals surface area contributed by atoms with Crippen LogP contribution in [-0.2, 0) is 10.2 Å². The van der Waals surface area contributed by atoms with Crippen molar-refractivity contribution in [2.75, 3.05) is 6.61 Å². The largest absolute Gasteiger partial charge is 0.494 e. The van der Waals surface area contributed by atoms with Crippen molar-refractivity contribution >= 4 is 23.4 Å². The summed E-state index contributed by atoms with van der Waals surface area (Å²) in [5, 5.41) is 0.597. The normalized spacial score (nSPS) is 14.8. The van der Waals surface area contributed by atoms with E-state index >= 15 is 0 Å². The molecule has 26 heavy (non-hydrogen) atoms. The number of hydrogen-bond acceptors (Lipinski definition) is 3. The molecular formula is C20H21ClN2O3. The van der Waals surface area contributed by atoms with Gasteiger partial charge in [-0.2, -0.15) is 0 Å². The minimum Gasteiger partial charge on any atom is -0.494 e. The van der Waals surface area contributed by atoms with Crippen LogP contribution in [0, 0.1) is 0 Å². The number of carbonyl (C=O) groups is 2. The van der Waals surface area contributed by atoms with Crippen molar-refractivity contribution in [1.82, 2.24) is 10.9 Å². The van der Waals surface area contributed by atoms with E-state index in [-0.39, 0.29) is 11.8 Å². The molecule has 0 spiro atoms. The molecule has 136 valence electrons. The molecule has 0 radical (unpaired) electrons. The third kappa shape index (κ3) is 3.68. The zero-order chi connectivity index (χ0) is 18.6. The van der Waals surface area contributed by atoms with Gasteiger partial charge in [-0.25, -0.2) is 0 Å². The zero-order valence-corrected chi connectivity index (χ0v) is 15.3. The van der Waals surface area contributed by atoms with E-state index in [9.17, 15) is 9.59 Å². The van der Waals surface area contributed by atoms with Gasteiger partial charge in [-0.05, 0) is 61.7 Å². The molecule has 0 bridgehead atoms. The van der Waals surface area contributed by atoms with Crippen LogP contribution in [0.1, 0.15) is 42.1 Å². The topological polar surface area (TPSA) is 67.4 Å². The fraction of sp³-hybridized carbons (Fsp3) is 0.300. The number of rotatable bonds is 5. The molecule has 0 unspecified atom stereocenters. The molecule has 5 nitrogen and oxygen atoms in total. The van der Waals surface area contributed by atoms with E-state index in [1.165, 1.54) is 0 Å². The molecule has 1 saturated carbocycles. The molecule has 2 aromatic rings. The van der Waals surface area contributed by atoms with Gasteiger partial charge in [-0.3, -0.25) is 20.4 Å². The Morgan fingerprint density at radius 2 is 1.85 bits per heavy atom. The first-order chi connectivity index (χ1) is 12.5. The number of hydrogen-bond donors (Lipinski definition) is 2. The number of benzene rings is 2. The smallest absolute Gasteiger partial charge is 0.269 e. The maximum Gasteiger partial charge on any atom is 0.269 e. The summed E-state index contributed by atoms with van der Waals surface area (Å²) < 4.78 is 5.35. The second-order valence-corrected chi connectivity index (χ2v) is 6.75. The van der Waals surface area contributed by atoms with E-state index in [1.54, 1.807) is 30.3 Å². The van der Waals surface area contributed by atoms with Crippen LogP contribution < -0.4 is 15.6 Å². The highest BCUT2D eigenvalue weighted by atomic mass is 35.5. The lowest BCUT2D eigenvalue weighted by atomic mass is 9.64. The molecule has 1 aliphatic rings. The van der Waals surface area contributed by atoms with Crippen LogP contribution in [-0.4, -0.2) is 18.4 Å². The van der Waals surface area contributed by atoms with Gasteiger partial charge >= 0.3 is 0 Å². The van der Waals surface area contributed by atoms with Gasteiger partial charge in [0, 0.05) is 10.6 Å². The van der Waals surface area contributed by atoms with Crippen molar-refractivity contribution < 1.29 is 14.3 Å². The predicted octanol–water partition coefficient (Wildman–Crippen LogP) is 3.62. The molecule has 2 N–H and O–H groups in total. The molecule has 0 aromatic heterocycles. The summed E-state index contributed by atoms with van der Waals surface area (Å²) in [5.74, 6) is 0.106. The molecule has 6 heteroatoms. The predicted molar refractivity (Wildman–Crippen MR) is 100 cm³/mol. The average Bonchev–Trinajstić information content (AvgIpc) is 2.60. The quantitative estimate of drug-likeness (QED) is 0.788. The van der Waals surface area contributed by atoms with Gasteiger partial charge in [0.15, 0.2) is 0 Å². The highest BCUT2D eigenvalue weighted by Crippen LogP contribution is 2.44. The van der Waals surface area contributed by atoms with E-state index in [4.69, 9.17) is 16.3 Å². The van der Waals surface area contributed by atoms with Crippen molar-refractivity contribution in [2.24, 2.45) is 0 Å². The number of hydrazine groups is 1. The van der Waals surface area contributed by atoms with Gasteiger partial charge in [0.25, 0.3) is 5.91 Å². The van der Waals surface area contributed by atoms with Gasteiger partial charge in [0.2, 0.25) is 5.91 Å². The second kappa shape index (κ2) is 7.79. The van der Waals surface area contributed by atoms with Gasteiger partial charge < -0.3 is 4.74 Å². The summed E-state index contributed by atoms with van der Waals surface area (Å²) in [6.07, 6.45) is 2.43. The van der Waals surface area contributed by atoms with Crippen LogP contribution in [0.2, 0.25) is 5.02 Å². The maximum absolute atomic E-state index is 12.7. The Hall–Kier alpha value is -2.53. The van der Waals surface area contributed by atoms with Gasteiger partial charge in [-0.1, -0.05) is 30.2 Å². The summed E-state index contributed by atoms with van der Waals surface area (Å²) in [4.78, 5) is 25.0. The highest BCUT2D eigenvalue weighted by Gasteiger charge is 2.45. The Morgan fingerprint density at radius 3 is 2.42 bits per heavy atom. The monoisotopic (exact) mass is 372 g/mol. The third-order valence-corrected chi connectivity index (χ3v) is 4.97. The minimum atomic E-state index is -0.628. The van der Waals surface area contributed by atoms with E-state index in [2.05, 4.69) is 10.9 Å². The molecule has 1 fully saturated rings. The van der Waals surface area contributed by atoms with Crippen LogP contribution in [0.4, 0.5) is 0 Å². The second-order valence-electron chi connectivity index (χ2n) is 6.31. The minimum absolute atomic E-state index is 0.217. The van der Waals surface area contributed by atoms with Crippen molar-refractivity contribution in [1.29, 1.82) is 0 Å². The Morgan fingerprint density at radius 1 is 1.12 bits per heavy atom. The van der Waals surface area contributed by atoms with Crippen LogP contribution in [0.3, 0.4) is 0 Å². The Balaban J connectivity index is 1.64. The van der Waals surface area contributed by atoms with Gasteiger partial charge in [-0.15, -0.1) is 0 Å². The standard InChI is InChI=1S/C20H21ClN2O3/c1-2-26-17-9-7-14(8-10-17)18(24)22-23-19(25)20(11-4-12-20)15-5-3-6-16(21)13-15/h3,5-10,13H,2,4,11-12H2,1H3,(H,22,24)(H,23,25). The third-order valence-electron chi connectivity index (χ3n) is 4.74. The average molecular weight is 373 g/mol. The summed E-state index contributed by atoms with van der Waals surface area (Å²) in [5.41, 5.74) is 5.76. The number of halogens is 1. The molecular weight excluding hydrogens is 352 g/mol. The fourth-order valence-electron chi connectivity index (χ4n) is 3.14. The summed E-state index contributed by atoms with van der Waals surface area (Å²) in [7, 11) is 0. The molecule has 3 rings (SSSR count). The van der Waals surface area contributed by atoms with Crippen LogP contribution >= 0.6 is 11.6 Å². The molecule has 0 atom stereocenters. The molecule has 2 aromatic carbocycles. The van der Waals surface area contributed by atoms with E-state index < -0.39 is 5.41 Å². The Bertz CT molecular complexity index is 801. The zero-order valence-electron chi connectivity index (χ0n) is 14.5. The number of ether oxygens (including phenoxy) is 1. The van der Waals surface area contributed by atoms with Gasteiger partial charge in [0.05, 0.1) is 12.0 Å². The van der Waals surface area contributed by atoms with Crippen LogP contribution in [0.25, 0.3) is 0 Å². The highest BCUT2D eigenvalue weighted by molar-refractivity contribution is 6.30. The maximum atomic E-state index is 12.7. The van der Waals surface area contributed by atoms with E-state index in [1.807, 2.05) is 25.1 Å². The lowest BCUT2D eigenvalue weighted by molar-refractivity contribution is -0.130. The van der Waals surface area contributed by atoms with Gasteiger partial charge in [0.1, 0.15) is 5.75 Å². The Labute approximate surface area is 157 Å². The van der Waals surface area contributed by atoms with Crippen LogP contribution in [0.15, 0.2) is 48.5 Å². The van der Waals surface area contributed by atoms with Crippen LogP contribution in [0.5, 0.6) is 5.75 Å². The lowest BCUT2D eigenvalue weighted by Crippen LogP contribution is -2.54. The van der Waals surface area contributed by atoms with E-state index in [0.717, 1.165) is 24.8 Å². The lowest BCUT2D eigenvalue weighted by Gasteiger charge is -2.40. The SMILES string of the molecule is CCOc1ccc(C(=O)NNC(=O)C2(c3cccc(Cl)c3)CCC2)cc1. The fourth-order valence-corrected chi connectivity index (χ4v) is 3.33. The molecule has 0 aliphatic heterocycles. The first-order valence-corrected chi connectivity index (χ1v) is 9.02. The number of amides is 2. The number of carbonyl (C=O) groups excluding carboxylic acids is 2. The first kappa shape index (κ1) is 18.3. The molecule has 0 heterocycles. The van der Waals surface area contributed by atoms with Crippen molar-refractivity contribution in [3.05, 3.63) is 64.7 Å². The number of nitrogens with one attached hydrogen (secondary N) is 2. The molecule has 1 aliphatic carbocycles. The van der Waals surface area contributed by atoms with Crippen molar-refractivity contribution in [2.45, 2.75) is 31.6 Å². The summed E-state index contributed by atoms with van der Waals surface area (Å²) in [6, 6.07) is 14.1. The van der Waals surface area contributed by atoms with Crippen molar-refractivity contribution in [3.8, 4) is 5.75 Å². The summed E-state index contributed by atoms with van der Waals surface area (Å²) in [6.45, 7) is 2.46.